The highest BCUT2D eigenvalue weighted by atomic mass is 14.1. The van der Waals surface area contributed by atoms with Gasteiger partial charge in [0.15, 0.2) is 0 Å². The first-order valence-corrected chi connectivity index (χ1v) is 4.52. The number of benzene rings is 1. The topological polar surface area (TPSA) is 0 Å². The maximum atomic E-state index is 2.32. The fourth-order valence-corrected chi connectivity index (χ4v) is 1.61. The minimum absolute atomic E-state index is 1.11. The molecule has 0 unspecified atom stereocenters. The SMILES string of the molecule is CCC1=CCc2ccccc2[CH]1. The van der Waals surface area contributed by atoms with Crippen molar-refractivity contribution in [3.8, 4) is 0 Å². The first-order chi connectivity index (χ1) is 5.90. The van der Waals surface area contributed by atoms with Crippen molar-refractivity contribution in [1.82, 2.24) is 0 Å². The van der Waals surface area contributed by atoms with Gasteiger partial charge in [0, 0.05) is 6.42 Å². The van der Waals surface area contributed by atoms with Crippen LogP contribution in [0.2, 0.25) is 0 Å². The van der Waals surface area contributed by atoms with E-state index in [0.717, 1.165) is 12.8 Å². The van der Waals surface area contributed by atoms with E-state index in [1.807, 2.05) is 0 Å². The summed E-state index contributed by atoms with van der Waals surface area (Å²) in [5, 5.41) is 0. The molecule has 0 saturated carbocycles. The Balaban J connectivity index is 2.31. The predicted octanol–water partition coefficient (Wildman–Crippen LogP) is 3.13. The van der Waals surface area contributed by atoms with E-state index < -0.39 is 0 Å². The number of allylic oxidation sites excluding steroid dienone is 2. The second kappa shape index (κ2) is 3.14. The Morgan fingerprint density at radius 2 is 2.08 bits per heavy atom. The lowest BCUT2D eigenvalue weighted by molar-refractivity contribution is 1.04. The third kappa shape index (κ3) is 1.29. The molecule has 0 heterocycles. The van der Waals surface area contributed by atoms with Crippen LogP contribution in [0.4, 0.5) is 0 Å². The van der Waals surface area contributed by atoms with E-state index in [9.17, 15) is 0 Å². The minimum atomic E-state index is 1.11. The average molecular weight is 157 g/mol. The van der Waals surface area contributed by atoms with Crippen molar-refractivity contribution >= 4 is 0 Å². The van der Waals surface area contributed by atoms with E-state index in [1.165, 1.54) is 16.7 Å². The van der Waals surface area contributed by atoms with Crippen molar-refractivity contribution in [2.45, 2.75) is 19.8 Å². The molecular formula is C12H13. The van der Waals surface area contributed by atoms with Crippen LogP contribution < -0.4 is 0 Å². The normalized spacial score (nSPS) is 15.2. The molecule has 0 heteroatoms. The van der Waals surface area contributed by atoms with Crippen LogP contribution in [0.25, 0.3) is 0 Å². The summed E-state index contributed by atoms with van der Waals surface area (Å²) in [6, 6.07) is 8.61. The molecule has 2 rings (SSSR count). The van der Waals surface area contributed by atoms with Crippen molar-refractivity contribution in [3.63, 3.8) is 0 Å². The highest BCUT2D eigenvalue weighted by molar-refractivity contribution is 5.44. The molecule has 1 aromatic rings. The molecule has 1 aromatic carbocycles. The van der Waals surface area contributed by atoms with Crippen LogP contribution in [0.15, 0.2) is 35.9 Å². The van der Waals surface area contributed by atoms with Gasteiger partial charge in [0.2, 0.25) is 0 Å². The predicted molar refractivity (Wildman–Crippen MR) is 51.9 cm³/mol. The molecule has 0 bridgehead atoms. The van der Waals surface area contributed by atoms with E-state index in [4.69, 9.17) is 0 Å². The zero-order chi connectivity index (χ0) is 8.39. The molecule has 0 atom stereocenters. The van der Waals surface area contributed by atoms with Gasteiger partial charge in [-0.25, -0.2) is 0 Å². The molecule has 12 heavy (non-hydrogen) atoms. The van der Waals surface area contributed by atoms with Crippen molar-refractivity contribution < 1.29 is 0 Å². The first-order valence-electron chi connectivity index (χ1n) is 4.52. The van der Waals surface area contributed by atoms with Crippen LogP contribution in [0, 0.1) is 6.42 Å². The van der Waals surface area contributed by atoms with Crippen LogP contribution >= 0.6 is 0 Å². The van der Waals surface area contributed by atoms with E-state index >= 15 is 0 Å². The van der Waals surface area contributed by atoms with Crippen LogP contribution in [0.3, 0.4) is 0 Å². The first kappa shape index (κ1) is 7.60. The van der Waals surface area contributed by atoms with E-state index in [2.05, 4.69) is 43.7 Å². The second-order valence-corrected chi connectivity index (χ2v) is 3.18. The van der Waals surface area contributed by atoms with Gasteiger partial charge in [-0.15, -0.1) is 0 Å². The summed E-state index contributed by atoms with van der Waals surface area (Å²) < 4.78 is 0. The zero-order valence-corrected chi connectivity index (χ0v) is 7.38. The van der Waals surface area contributed by atoms with Crippen LogP contribution in [0.1, 0.15) is 24.5 Å². The molecular weight excluding hydrogens is 144 g/mol. The second-order valence-electron chi connectivity index (χ2n) is 3.18. The molecule has 0 nitrogen and oxygen atoms in total. The van der Waals surface area contributed by atoms with E-state index in [-0.39, 0.29) is 0 Å². The molecule has 0 saturated heterocycles. The van der Waals surface area contributed by atoms with E-state index in [1.54, 1.807) is 0 Å². The Morgan fingerprint density at radius 3 is 2.92 bits per heavy atom. The molecule has 0 amide bonds. The molecule has 1 aliphatic rings. The fourth-order valence-electron chi connectivity index (χ4n) is 1.61. The molecule has 61 valence electrons. The van der Waals surface area contributed by atoms with Gasteiger partial charge < -0.3 is 0 Å². The zero-order valence-electron chi connectivity index (χ0n) is 7.38. The third-order valence-electron chi connectivity index (χ3n) is 2.39. The van der Waals surface area contributed by atoms with Gasteiger partial charge in [-0.1, -0.05) is 42.8 Å². The van der Waals surface area contributed by atoms with Crippen molar-refractivity contribution in [2.24, 2.45) is 0 Å². The average Bonchev–Trinajstić information content (AvgIpc) is 2.17. The van der Waals surface area contributed by atoms with Crippen molar-refractivity contribution in [3.05, 3.63) is 53.5 Å². The molecule has 0 spiro atoms. The Labute approximate surface area is 73.9 Å². The van der Waals surface area contributed by atoms with Gasteiger partial charge in [0.05, 0.1) is 0 Å². The van der Waals surface area contributed by atoms with Crippen molar-refractivity contribution in [1.29, 1.82) is 0 Å². The minimum Gasteiger partial charge on any atom is -0.0803 e. The van der Waals surface area contributed by atoms with Gasteiger partial charge in [-0.2, -0.15) is 0 Å². The van der Waals surface area contributed by atoms with Crippen LogP contribution in [-0.2, 0) is 6.42 Å². The Bertz CT molecular complexity index is 308. The molecule has 0 fully saturated rings. The monoisotopic (exact) mass is 157 g/mol. The summed E-state index contributed by atoms with van der Waals surface area (Å²) in [7, 11) is 0. The van der Waals surface area contributed by atoms with Gasteiger partial charge in [0.1, 0.15) is 0 Å². The Hall–Kier alpha value is -1.04. The summed E-state index contributed by atoms with van der Waals surface area (Å²) in [4.78, 5) is 0. The summed E-state index contributed by atoms with van der Waals surface area (Å²) >= 11 is 0. The number of rotatable bonds is 1. The van der Waals surface area contributed by atoms with Crippen LogP contribution in [-0.4, -0.2) is 0 Å². The molecule has 1 radical (unpaired) electrons. The molecule has 0 N–H and O–H groups in total. The highest BCUT2D eigenvalue weighted by Crippen LogP contribution is 2.23. The van der Waals surface area contributed by atoms with E-state index in [0.29, 0.717) is 0 Å². The summed E-state index contributed by atoms with van der Waals surface area (Å²) in [6.07, 6.45) is 6.87. The summed E-state index contributed by atoms with van der Waals surface area (Å²) in [5.41, 5.74) is 4.32. The summed E-state index contributed by atoms with van der Waals surface area (Å²) in [5.74, 6) is 0. The number of fused-ring (bicyclic) bond motifs is 1. The molecule has 0 aromatic heterocycles. The fraction of sp³-hybridized carbons (Fsp3) is 0.250. The lowest BCUT2D eigenvalue weighted by Crippen LogP contribution is -1.99. The molecule has 1 aliphatic carbocycles. The van der Waals surface area contributed by atoms with Gasteiger partial charge in [0.25, 0.3) is 0 Å². The number of hydrogen-bond donors (Lipinski definition) is 0. The maximum Gasteiger partial charge on any atom is 0.0157 e. The summed E-state index contributed by atoms with van der Waals surface area (Å²) in [6.45, 7) is 2.20. The Morgan fingerprint density at radius 1 is 1.25 bits per heavy atom. The lowest BCUT2D eigenvalue weighted by Gasteiger charge is -2.14. The third-order valence-corrected chi connectivity index (χ3v) is 2.39. The highest BCUT2D eigenvalue weighted by Gasteiger charge is 2.08. The van der Waals surface area contributed by atoms with Gasteiger partial charge in [-0.05, 0) is 24.0 Å². The quantitative estimate of drug-likeness (QED) is 0.587. The molecule has 0 aliphatic heterocycles. The Kier molecular flexibility index (Phi) is 1.99. The van der Waals surface area contributed by atoms with Crippen LogP contribution in [0.5, 0.6) is 0 Å². The largest absolute Gasteiger partial charge is 0.0803 e. The van der Waals surface area contributed by atoms with Gasteiger partial charge >= 0.3 is 0 Å². The number of hydrogen-bond acceptors (Lipinski definition) is 0. The smallest absolute Gasteiger partial charge is 0.0157 e. The van der Waals surface area contributed by atoms with Crippen molar-refractivity contribution in [2.75, 3.05) is 0 Å². The maximum absolute atomic E-state index is 2.32. The standard InChI is InChI=1S/C12H13/c1-2-10-7-8-11-5-3-4-6-12(11)9-10/h3-7,9H,2,8H2,1H3. The lowest BCUT2D eigenvalue weighted by atomic mass is 9.91. The van der Waals surface area contributed by atoms with Gasteiger partial charge in [-0.3, -0.25) is 0 Å².